The van der Waals surface area contributed by atoms with E-state index in [0.29, 0.717) is 18.3 Å². The van der Waals surface area contributed by atoms with E-state index in [4.69, 9.17) is 10.5 Å². The highest BCUT2D eigenvalue weighted by atomic mass is 16.5. The number of anilines is 1. The first-order valence-electron chi connectivity index (χ1n) is 8.60. The van der Waals surface area contributed by atoms with Crippen molar-refractivity contribution in [1.82, 2.24) is 14.9 Å². The number of benzene rings is 1. The average molecular weight is 340 g/mol. The van der Waals surface area contributed by atoms with Crippen LogP contribution in [-0.2, 0) is 17.8 Å². The molecule has 1 atom stereocenters. The van der Waals surface area contributed by atoms with Gasteiger partial charge in [-0.2, -0.15) is 0 Å². The standard InChI is InChI=1S/C19H24N4O2/c1-25-13-14-4-6-16(7-5-14)19(24)23-10-2-3-15(12-23)11-17-18(20)22-9-8-21-17/h4-9,15H,2-3,10-13H2,1H3,(H2,20,22). The van der Waals surface area contributed by atoms with Crippen LogP contribution < -0.4 is 5.73 Å². The molecule has 6 nitrogen and oxygen atoms in total. The Morgan fingerprint density at radius 1 is 1.28 bits per heavy atom. The van der Waals surface area contributed by atoms with Crippen molar-refractivity contribution in [3.8, 4) is 0 Å². The lowest BCUT2D eigenvalue weighted by molar-refractivity contribution is 0.0673. The lowest BCUT2D eigenvalue weighted by atomic mass is 9.92. The smallest absolute Gasteiger partial charge is 0.253 e. The fourth-order valence-corrected chi connectivity index (χ4v) is 3.32. The minimum atomic E-state index is 0.0841. The number of likely N-dealkylation sites (tertiary alicyclic amines) is 1. The number of ether oxygens (including phenoxy) is 1. The van der Waals surface area contributed by atoms with E-state index in [1.54, 1.807) is 19.5 Å². The molecule has 1 unspecified atom stereocenters. The summed E-state index contributed by atoms with van der Waals surface area (Å²) in [6, 6.07) is 7.64. The third-order valence-electron chi connectivity index (χ3n) is 4.61. The first-order valence-corrected chi connectivity index (χ1v) is 8.60. The Hall–Kier alpha value is -2.47. The summed E-state index contributed by atoms with van der Waals surface area (Å²) in [6.45, 7) is 2.08. The molecular formula is C19H24N4O2. The van der Waals surface area contributed by atoms with E-state index in [1.165, 1.54) is 0 Å². The monoisotopic (exact) mass is 340 g/mol. The molecule has 1 aromatic carbocycles. The molecule has 6 heteroatoms. The molecule has 25 heavy (non-hydrogen) atoms. The maximum Gasteiger partial charge on any atom is 0.253 e. The number of hydrogen-bond acceptors (Lipinski definition) is 5. The SMILES string of the molecule is COCc1ccc(C(=O)N2CCCC(Cc3nccnc3N)C2)cc1. The molecule has 3 rings (SSSR count). The van der Waals surface area contributed by atoms with Gasteiger partial charge in [-0.3, -0.25) is 9.78 Å². The van der Waals surface area contributed by atoms with E-state index in [1.807, 2.05) is 29.2 Å². The van der Waals surface area contributed by atoms with Gasteiger partial charge in [-0.25, -0.2) is 4.98 Å². The quantitative estimate of drug-likeness (QED) is 0.903. The summed E-state index contributed by atoms with van der Waals surface area (Å²) < 4.78 is 5.11. The van der Waals surface area contributed by atoms with Crippen molar-refractivity contribution < 1.29 is 9.53 Å². The van der Waals surface area contributed by atoms with E-state index in [0.717, 1.165) is 49.2 Å². The van der Waals surface area contributed by atoms with E-state index >= 15 is 0 Å². The summed E-state index contributed by atoms with van der Waals surface area (Å²) in [5.41, 5.74) is 8.51. The second-order valence-corrected chi connectivity index (χ2v) is 6.48. The molecule has 0 bridgehead atoms. The maximum atomic E-state index is 12.8. The number of carbonyl (C=O) groups is 1. The van der Waals surface area contributed by atoms with Crippen molar-refractivity contribution >= 4 is 11.7 Å². The molecule has 0 spiro atoms. The lowest BCUT2D eigenvalue weighted by Gasteiger charge is -2.33. The number of aromatic nitrogens is 2. The molecule has 0 aliphatic carbocycles. The number of nitrogens with two attached hydrogens (primary N) is 1. The molecule has 2 N–H and O–H groups in total. The van der Waals surface area contributed by atoms with Crippen LogP contribution in [0.25, 0.3) is 0 Å². The predicted molar refractivity (Wildman–Crippen MR) is 95.9 cm³/mol. The third kappa shape index (κ3) is 4.33. The van der Waals surface area contributed by atoms with Gasteiger partial charge < -0.3 is 15.4 Å². The number of methoxy groups -OCH3 is 1. The minimum absolute atomic E-state index is 0.0841. The number of nitrogen functional groups attached to an aromatic ring is 1. The summed E-state index contributed by atoms with van der Waals surface area (Å²) in [5, 5.41) is 0. The van der Waals surface area contributed by atoms with E-state index in [9.17, 15) is 4.79 Å². The number of amides is 1. The molecule has 0 radical (unpaired) electrons. The number of hydrogen-bond donors (Lipinski definition) is 1. The van der Waals surface area contributed by atoms with Crippen LogP contribution >= 0.6 is 0 Å². The van der Waals surface area contributed by atoms with Crippen LogP contribution in [0.3, 0.4) is 0 Å². The van der Waals surface area contributed by atoms with Crippen LogP contribution in [0, 0.1) is 5.92 Å². The third-order valence-corrected chi connectivity index (χ3v) is 4.61. The molecular weight excluding hydrogens is 316 g/mol. The van der Waals surface area contributed by atoms with Crippen LogP contribution in [0.2, 0.25) is 0 Å². The number of nitrogens with zero attached hydrogens (tertiary/aromatic N) is 3. The molecule has 2 heterocycles. The second-order valence-electron chi connectivity index (χ2n) is 6.48. The van der Waals surface area contributed by atoms with Crippen molar-refractivity contribution in [2.75, 3.05) is 25.9 Å². The largest absolute Gasteiger partial charge is 0.382 e. The Morgan fingerprint density at radius 3 is 2.76 bits per heavy atom. The highest BCUT2D eigenvalue weighted by molar-refractivity contribution is 5.94. The van der Waals surface area contributed by atoms with Crippen LogP contribution in [0.5, 0.6) is 0 Å². The van der Waals surface area contributed by atoms with Crippen LogP contribution in [-0.4, -0.2) is 41.0 Å². The normalized spacial score (nSPS) is 17.5. The number of carbonyl (C=O) groups excluding carboxylic acids is 1. The van der Waals surface area contributed by atoms with Gasteiger partial charge in [0.2, 0.25) is 0 Å². The van der Waals surface area contributed by atoms with E-state index in [2.05, 4.69) is 9.97 Å². The fourth-order valence-electron chi connectivity index (χ4n) is 3.32. The molecule has 0 saturated carbocycles. The summed E-state index contributed by atoms with van der Waals surface area (Å²) in [7, 11) is 1.66. The van der Waals surface area contributed by atoms with Crippen LogP contribution in [0.15, 0.2) is 36.7 Å². The zero-order valence-corrected chi connectivity index (χ0v) is 14.5. The average Bonchev–Trinajstić information content (AvgIpc) is 2.64. The minimum Gasteiger partial charge on any atom is -0.382 e. The van der Waals surface area contributed by atoms with Crippen LogP contribution in [0.1, 0.15) is 34.5 Å². The summed E-state index contributed by atoms with van der Waals surface area (Å²) in [4.78, 5) is 23.1. The van der Waals surface area contributed by atoms with Gasteiger partial charge >= 0.3 is 0 Å². The molecule has 1 aromatic heterocycles. The van der Waals surface area contributed by atoms with Gasteiger partial charge in [0.25, 0.3) is 5.91 Å². The van der Waals surface area contributed by atoms with Crippen LogP contribution in [0.4, 0.5) is 5.82 Å². The molecule has 1 aliphatic heterocycles. The number of rotatable bonds is 5. The van der Waals surface area contributed by atoms with Gasteiger partial charge in [-0.05, 0) is 42.9 Å². The summed E-state index contributed by atoms with van der Waals surface area (Å²) in [6.07, 6.45) is 6.10. The highest BCUT2D eigenvalue weighted by Crippen LogP contribution is 2.23. The van der Waals surface area contributed by atoms with Crippen molar-refractivity contribution in [1.29, 1.82) is 0 Å². The summed E-state index contributed by atoms with van der Waals surface area (Å²) >= 11 is 0. The first-order chi connectivity index (χ1) is 12.2. The van der Waals surface area contributed by atoms with Gasteiger partial charge in [0.1, 0.15) is 5.82 Å². The van der Waals surface area contributed by atoms with Gasteiger partial charge in [-0.1, -0.05) is 12.1 Å². The lowest BCUT2D eigenvalue weighted by Crippen LogP contribution is -2.40. The molecule has 1 saturated heterocycles. The van der Waals surface area contributed by atoms with Crippen molar-refractivity contribution in [2.45, 2.75) is 25.9 Å². The zero-order chi connectivity index (χ0) is 17.6. The number of piperidine rings is 1. The Bertz CT molecular complexity index is 718. The van der Waals surface area contributed by atoms with E-state index < -0.39 is 0 Å². The maximum absolute atomic E-state index is 12.8. The summed E-state index contributed by atoms with van der Waals surface area (Å²) in [5.74, 6) is 0.935. The highest BCUT2D eigenvalue weighted by Gasteiger charge is 2.25. The van der Waals surface area contributed by atoms with Gasteiger partial charge in [-0.15, -0.1) is 0 Å². The Kier molecular flexibility index (Phi) is 5.60. The molecule has 1 fully saturated rings. The fraction of sp³-hybridized carbons (Fsp3) is 0.421. The van der Waals surface area contributed by atoms with Crippen molar-refractivity contribution in [3.63, 3.8) is 0 Å². The Balaban J connectivity index is 1.64. The molecule has 1 amide bonds. The van der Waals surface area contributed by atoms with Crippen molar-refractivity contribution in [2.24, 2.45) is 5.92 Å². The second kappa shape index (κ2) is 8.07. The topological polar surface area (TPSA) is 81.3 Å². The Morgan fingerprint density at radius 2 is 2.04 bits per heavy atom. The van der Waals surface area contributed by atoms with Crippen molar-refractivity contribution in [3.05, 3.63) is 53.5 Å². The zero-order valence-electron chi connectivity index (χ0n) is 14.5. The molecule has 2 aromatic rings. The van der Waals surface area contributed by atoms with E-state index in [-0.39, 0.29) is 5.91 Å². The Labute approximate surface area is 148 Å². The van der Waals surface area contributed by atoms with Gasteiger partial charge in [0.05, 0.1) is 12.3 Å². The molecule has 1 aliphatic rings. The molecule has 132 valence electrons. The predicted octanol–water partition coefficient (Wildman–Crippen LogP) is 2.30. The first kappa shape index (κ1) is 17.4. The van der Waals surface area contributed by atoms with Gasteiger partial charge in [0.15, 0.2) is 0 Å². The van der Waals surface area contributed by atoms with Gasteiger partial charge in [0, 0.05) is 38.2 Å².